The van der Waals surface area contributed by atoms with Crippen LogP contribution in [0, 0.1) is 0 Å². The molecule has 3 aromatic rings. The van der Waals surface area contributed by atoms with Crippen LogP contribution in [0.2, 0.25) is 0 Å². The number of ether oxygens (including phenoxy) is 1. The normalized spacial score (nSPS) is 10.9. The van der Waals surface area contributed by atoms with Crippen LogP contribution in [0.1, 0.15) is 23.0 Å². The molecule has 0 aliphatic heterocycles. The number of nitrogens with zero attached hydrogens (tertiary/aromatic N) is 2. The molecular formula is C21H23N3O3S. The molecule has 0 spiro atoms. The number of benzene rings is 2. The van der Waals surface area contributed by atoms with Crippen LogP contribution in [0.3, 0.4) is 0 Å². The van der Waals surface area contributed by atoms with Crippen molar-refractivity contribution in [3.05, 3.63) is 70.1 Å². The summed E-state index contributed by atoms with van der Waals surface area (Å²) in [6.07, 6.45) is 0. The lowest BCUT2D eigenvalue weighted by atomic mass is 10.1. The van der Waals surface area contributed by atoms with Gasteiger partial charge in [-0.25, -0.2) is 4.68 Å². The zero-order valence-corrected chi connectivity index (χ0v) is 16.8. The number of nitrogens with one attached hydrogen (secondary N) is 1. The average molecular weight is 398 g/mol. The molecule has 1 N–H and O–H groups in total. The molecule has 0 atom stereocenters. The monoisotopic (exact) mass is 397 g/mol. The molecule has 0 aliphatic carbocycles. The van der Waals surface area contributed by atoms with E-state index in [0.29, 0.717) is 29.8 Å². The Balaban J connectivity index is 1.89. The van der Waals surface area contributed by atoms with Crippen molar-refractivity contribution in [2.24, 2.45) is 0 Å². The maximum atomic E-state index is 12.7. The second-order valence-corrected chi connectivity index (χ2v) is 7.43. The van der Waals surface area contributed by atoms with Gasteiger partial charge in [0.2, 0.25) is 0 Å². The molecule has 3 rings (SSSR count). The van der Waals surface area contributed by atoms with Gasteiger partial charge < -0.3 is 10.1 Å². The fourth-order valence-corrected chi connectivity index (χ4v) is 3.76. The Labute approximate surface area is 167 Å². The topological polar surface area (TPSA) is 73.2 Å². The standard InChI is InChI=1S/C21H23N3O3S/c1-3-28-19-11-7-6-10-17(19)20(25)22-14-18-15-8-4-5-9-16(15)21(26)24(23-18)12-13-27-2/h4-11H,3,12-14H2,1-2H3,(H,22,25). The highest BCUT2D eigenvalue weighted by molar-refractivity contribution is 7.99. The second kappa shape index (κ2) is 9.52. The van der Waals surface area contributed by atoms with Gasteiger partial charge in [-0.05, 0) is 24.0 Å². The summed E-state index contributed by atoms with van der Waals surface area (Å²) < 4.78 is 6.47. The molecule has 1 heterocycles. The number of hydrogen-bond acceptors (Lipinski definition) is 5. The first-order valence-corrected chi connectivity index (χ1v) is 10.1. The highest BCUT2D eigenvalue weighted by Gasteiger charge is 2.14. The molecule has 0 fully saturated rings. The summed E-state index contributed by atoms with van der Waals surface area (Å²) in [6, 6.07) is 14.9. The molecule has 0 radical (unpaired) electrons. The minimum absolute atomic E-state index is 0.155. The van der Waals surface area contributed by atoms with Crippen molar-refractivity contribution in [2.45, 2.75) is 24.9 Å². The molecule has 6 nitrogen and oxygen atoms in total. The van der Waals surface area contributed by atoms with Gasteiger partial charge in [-0.2, -0.15) is 5.10 Å². The van der Waals surface area contributed by atoms with Crippen molar-refractivity contribution in [2.75, 3.05) is 19.5 Å². The minimum Gasteiger partial charge on any atom is -0.383 e. The minimum atomic E-state index is -0.160. The Bertz CT molecular complexity index is 1030. The van der Waals surface area contributed by atoms with Crippen LogP contribution in [0.25, 0.3) is 10.8 Å². The third-order valence-electron chi connectivity index (χ3n) is 4.30. The van der Waals surface area contributed by atoms with Crippen LogP contribution < -0.4 is 10.9 Å². The molecule has 1 aromatic heterocycles. The first-order chi connectivity index (χ1) is 13.7. The molecule has 146 valence electrons. The molecule has 0 saturated heterocycles. The first-order valence-electron chi connectivity index (χ1n) is 9.13. The van der Waals surface area contributed by atoms with Crippen LogP contribution in [0.5, 0.6) is 0 Å². The number of fused-ring (bicyclic) bond motifs is 1. The lowest BCUT2D eigenvalue weighted by Crippen LogP contribution is -2.29. The van der Waals surface area contributed by atoms with Gasteiger partial charge in [0, 0.05) is 17.4 Å². The largest absolute Gasteiger partial charge is 0.383 e. The number of carbonyl (C=O) groups is 1. The third kappa shape index (κ3) is 4.43. The Morgan fingerprint density at radius 1 is 1.14 bits per heavy atom. The van der Waals surface area contributed by atoms with Crippen molar-refractivity contribution < 1.29 is 9.53 Å². The zero-order chi connectivity index (χ0) is 19.9. The molecule has 0 unspecified atom stereocenters. The van der Waals surface area contributed by atoms with Gasteiger partial charge in [0.05, 0.1) is 36.3 Å². The molecule has 0 bridgehead atoms. The number of hydrogen-bond donors (Lipinski definition) is 1. The summed E-state index contributed by atoms with van der Waals surface area (Å²) in [5.41, 5.74) is 1.14. The third-order valence-corrected chi connectivity index (χ3v) is 5.26. The fourth-order valence-electron chi connectivity index (χ4n) is 2.96. The average Bonchev–Trinajstić information content (AvgIpc) is 2.73. The van der Waals surface area contributed by atoms with Gasteiger partial charge in [0.1, 0.15) is 0 Å². The maximum absolute atomic E-state index is 12.7. The van der Waals surface area contributed by atoms with E-state index in [4.69, 9.17) is 4.74 Å². The van der Waals surface area contributed by atoms with E-state index in [1.807, 2.05) is 42.5 Å². The summed E-state index contributed by atoms with van der Waals surface area (Å²) in [6.45, 7) is 3.03. The van der Waals surface area contributed by atoms with E-state index in [1.165, 1.54) is 4.68 Å². The van der Waals surface area contributed by atoms with Crippen molar-refractivity contribution in [3.63, 3.8) is 0 Å². The number of aromatic nitrogens is 2. The number of thioether (sulfide) groups is 1. The molecule has 7 heteroatoms. The van der Waals surface area contributed by atoms with Gasteiger partial charge in [0.15, 0.2) is 0 Å². The summed E-state index contributed by atoms with van der Waals surface area (Å²) in [7, 11) is 1.58. The van der Waals surface area contributed by atoms with E-state index in [-0.39, 0.29) is 18.0 Å². The van der Waals surface area contributed by atoms with Crippen LogP contribution in [-0.4, -0.2) is 35.2 Å². The molecule has 0 aliphatic rings. The van der Waals surface area contributed by atoms with Crippen LogP contribution in [0.15, 0.2) is 58.2 Å². The predicted molar refractivity (Wildman–Crippen MR) is 112 cm³/mol. The number of rotatable bonds is 8. The Morgan fingerprint density at radius 3 is 2.61 bits per heavy atom. The first kappa shape index (κ1) is 20.1. The molecule has 28 heavy (non-hydrogen) atoms. The molecule has 2 aromatic carbocycles. The van der Waals surface area contributed by atoms with Crippen molar-refractivity contribution in [1.82, 2.24) is 15.1 Å². The maximum Gasteiger partial charge on any atom is 0.274 e. The van der Waals surface area contributed by atoms with Crippen molar-refractivity contribution >= 4 is 28.4 Å². The van der Waals surface area contributed by atoms with Gasteiger partial charge in [-0.1, -0.05) is 37.3 Å². The number of carbonyl (C=O) groups excluding carboxylic acids is 1. The SMILES string of the molecule is CCSc1ccccc1C(=O)NCc1nn(CCOC)c(=O)c2ccccc12. The Kier molecular flexibility index (Phi) is 6.84. The highest BCUT2D eigenvalue weighted by Crippen LogP contribution is 2.22. The van der Waals surface area contributed by atoms with Crippen LogP contribution in [-0.2, 0) is 17.8 Å². The summed E-state index contributed by atoms with van der Waals surface area (Å²) in [5.74, 6) is 0.734. The summed E-state index contributed by atoms with van der Waals surface area (Å²) in [5, 5.41) is 8.75. The molecule has 1 amide bonds. The summed E-state index contributed by atoms with van der Waals surface area (Å²) in [4.78, 5) is 26.3. The fraction of sp³-hybridized carbons (Fsp3) is 0.286. The summed E-state index contributed by atoms with van der Waals surface area (Å²) >= 11 is 1.63. The van der Waals surface area contributed by atoms with E-state index in [2.05, 4.69) is 17.3 Å². The smallest absolute Gasteiger partial charge is 0.274 e. The molecule has 0 saturated carbocycles. The van der Waals surface area contributed by atoms with E-state index in [9.17, 15) is 9.59 Å². The molecular weight excluding hydrogens is 374 g/mol. The van der Waals surface area contributed by atoms with Gasteiger partial charge in [-0.3, -0.25) is 9.59 Å². The van der Waals surface area contributed by atoms with Crippen LogP contribution >= 0.6 is 11.8 Å². The van der Waals surface area contributed by atoms with Gasteiger partial charge in [-0.15, -0.1) is 11.8 Å². The lowest BCUT2D eigenvalue weighted by Gasteiger charge is -2.12. The lowest BCUT2D eigenvalue weighted by molar-refractivity contribution is 0.0947. The Morgan fingerprint density at radius 2 is 1.86 bits per heavy atom. The van der Waals surface area contributed by atoms with E-state index in [0.717, 1.165) is 16.0 Å². The van der Waals surface area contributed by atoms with Crippen molar-refractivity contribution in [1.29, 1.82) is 0 Å². The Hall–Kier alpha value is -2.64. The van der Waals surface area contributed by atoms with Gasteiger partial charge >= 0.3 is 0 Å². The van der Waals surface area contributed by atoms with E-state index < -0.39 is 0 Å². The number of methoxy groups -OCH3 is 1. The van der Waals surface area contributed by atoms with E-state index >= 15 is 0 Å². The van der Waals surface area contributed by atoms with Crippen LogP contribution in [0.4, 0.5) is 0 Å². The highest BCUT2D eigenvalue weighted by atomic mass is 32.2. The second-order valence-electron chi connectivity index (χ2n) is 6.13. The zero-order valence-electron chi connectivity index (χ0n) is 16.0. The van der Waals surface area contributed by atoms with Crippen molar-refractivity contribution in [3.8, 4) is 0 Å². The number of amides is 1. The van der Waals surface area contributed by atoms with Gasteiger partial charge in [0.25, 0.3) is 11.5 Å². The van der Waals surface area contributed by atoms with E-state index in [1.54, 1.807) is 24.9 Å². The predicted octanol–water partition coefficient (Wildman–Crippen LogP) is 3.08. The quantitative estimate of drug-likeness (QED) is 0.592.